The summed E-state index contributed by atoms with van der Waals surface area (Å²) in [4.78, 5) is 22.5. The van der Waals surface area contributed by atoms with Crippen LogP contribution in [0.25, 0.3) is 0 Å². The first kappa shape index (κ1) is 13.4. The maximum Gasteiger partial charge on any atom is 0.292 e. The van der Waals surface area contributed by atoms with Crippen LogP contribution in [0.3, 0.4) is 0 Å². The average Bonchev–Trinajstić information content (AvgIpc) is 2.77. The molecule has 1 amide bonds. The summed E-state index contributed by atoms with van der Waals surface area (Å²) in [7, 11) is 0. The molecule has 1 atom stereocenters. The number of ether oxygens (including phenoxy) is 1. The highest BCUT2D eigenvalue weighted by molar-refractivity contribution is 6.00. The van der Waals surface area contributed by atoms with Gasteiger partial charge in [-0.3, -0.25) is 14.9 Å². The van der Waals surface area contributed by atoms with Crippen LogP contribution in [-0.2, 0) is 9.53 Å². The Bertz CT molecular complexity index is 524. The zero-order valence-corrected chi connectivity index (χ0v) is 10.5. The summed E-state index contributed by atoms with van der Waals surface area (Å²) in [5, 5.41) is 13.4. The predicted octanol–water partition coefficient (Wildman–Crippen LogP) is 0.960. The second-order valence-corrected chi connectivity index (χ2v) is 4.69. The van der Waals surface area contributed by atoms with Crippen LogP contribution >= 0.6 is 0 Å². The molecule has 0 aromatic heterocycles. The standard InChI is InChI=1S/C12H15N3O4/c1-8-2-3-10(15(17)18)9(6-8)14-11(16)12(13)4-5-19-7-12/h2-3,6H,4-5,7,13H2,1H3,(H,14,16). The number of rotatable bonds is 3. The van der Waals surface area contributed by atoms with Crippen LogP contribution in [0.5, 0.6) is 0 Å². The maximum atomic E-state index is 12.1. The first-order chi connectivity index (χ1) is 8.92. The van der Waals surface area contributed by atoms with E-state index in [2.05, 4.69) is 5.32 Å². The molecular weight excluding hydrogens is 250 g/mol. The fraction of sp³-hybridized carbons (Fsp3) is 0.417. The van der Waals surface area contributed by atoms with E-state index >= 15 is 0 Å². The van der Waals surface area contributed by atoms with E-state index in [0.29, 0.717) is 13.0 Å². The lowest BCUT2D eigenvalue weighted by atomic mass is 9.99. The van der Waals surface area contributed by atoms with Crippen LogP contribution in [0.4, 0.5) is 11.4 Å². The van der Waals surface area contributed by atoms with Crippen molar-refractivity contribution in [1.29, 1.82) is 0 Å². The molecule has 0 aliphatic carbocycles. The maximum absolute atomic E-state index is 12.1. The number of amides is 1. The Hall–Kier alpha value is -1.99. The third-order valence-corrected chi connectivity index (χ3v) is 3.10. The van der Waals surface area contributed by atoms with Gasteiger partial charge in [0.15, 0.2) is 0 Å². The largest absolute Gasteiger partial charge is 0.379 e. The molecule has 0 spiro atoms. The molecule has 19 heavy (non-hydrogen) atoms. The van der Waals surface area contributed by atoms with Crippen LogP contribution in [0.15, 0.2) is 18.2 Å². The second-order valence-electron chi connectivity index (χ2n) is 4.69. The van der Waals surface area contributed by atoms with Crippen LogP contribution in [0.1, 0.15) is 12.0 Å². The molecule has 1 aliphatic heterocycles. The molecule has 1 fully saturated rings. The number of nitro benzene ring substituents is 1. The number of nitrogens with one attached hydrogen (secondary N) is 1. The Morgan fingerprint density at radius 1 is 1.58 bits per heavy atom. The van der Waals surface area contributed by atoms with Gasteiger partial charge in [0, 0.05) is 12.7 Å². The molecule has 0 radical (unpaired) electrons. The van der Waals surface area contributed by atoms with Crippen molar-refractivity contribution in [3.05, 3.63) is 33.9 Å². The third kappa shape index (κ3) is 2.72. The summed E-state index contributed by atoms with van der Waals surface area (Å²) in [6, 6.07) is 4.53. The number of carbonyl (C=O) groups is 1. The molecule has 7 heteroatoms. The summed E-state index contributed by atoms with van der Waals surface area (Å²) in [5.74, 6) is -0.460. The molecule has 2 rings (SSSR count). The van der Waals surface area contributed by atoms with Crippen LogP contribution in [-0.4, -0.2) is 29.6 Å². The van der Waals surface area contributed by atoms with Gasteiger partial charge in [0.05, 0.1) is 11.5 Å². The summed E-state index contributed by atoms with van der Waals surface area (Å²) in [5.41, 5.74) is 5.62. The van der Waals surface area contributed by atoms with Gasteiger partial charge in [0.1, 0.15) is 11.2 Å². The molecular formula is C12H15N3O4. The SMILES string of the molecule is Cc1ccc([N+](=O)[O-])c(NC(=O)C2(N)CCOC2)c1. The van der Waals surface area contributed by atoms with Gasteiger partial charge in [-0.1, -0.05) is 6.07 Å². The Labute approximate surface area is 109 Å². The first-order valence-corrected chi connectivity index (χ1v) is 5.85. The number of hydrogen-bond donors (Lipinski definition) is 2. The van der Waals surface area contributed by atoms with Crippen molar-refractivity contribution in [2.45, 2.75) is 18.9 Å². The molecule has 3 N–H and O–H groups in total. The number of hydrogen-bond acceptors (Lipinski definition) is 5. The zero-order chi connectivity index (χ0) is 14.0. The van der Waals surface area contributed by atoms with Gasteiger partial charge in [-0.25, -0.2) is 0 Å². The van der Waals surface area contributed by atoms with Gasteiger partial charge < -0.3 is 15.8 Å². The van der Waals surface area contributed by atoms with E-state index < -0.39 is 16.4 Å². The van der Waals surface area contributed by atoms with Gasteiger partial charge in [0.25, 0.3) is 5.69 Å². The molecule has 1 aliphatic rings. The minimum atomic E-state index is -1.11. The lowest BCUT2D eigenvalue weighted by Gasteiger charge is -2.20. The number of nitrogens with zero attached hydrogens (tertiary/aromatic N) is 1. The Morgan fingerprint density at radius 2 is 2.32 bits per heavy atom. The quantitative estimate of drug-likeness (QED) is 0.625. The summed E-state index contributed by atoms with van der Waals surface area (Å²) in [6.07, 6.45) is 0.401. The van der Waals surface area contributed by atoms with Crippen molar-refractivity contribution >= 4 is 17.3 Å². The summed E-state index contributed by atoms with van der Waals surface area (Å²) >= 11 is 0. The zero-order valence-electron chi connectivity index (χ0n) is 10.5. The van der Waals surface area contributed by atoms with Gasteiger partial charge in [-0.2, -0.15) is 0 Å². The smallest absolute Gasteiger partial charge is 0.292 e. The second kappa shape index (κ2) is 4.94. The van der Waals surface area contributed by atoms with E-state index in [9.17, 15) is 14.9 Å². The normalized spacial score (nSPS) is 22.2. The lowest BCUT2D eigenvalue weighted by molar-refractivity contribution is -0.383. The number of aryl methyl sites for hydroxylation is 1. The number of nitro groups is 1. The molecule has 1 unspecified atom stereocenters. The topological polar surface area (TPSA) is 107 Å². The number of nitrogens with two attached hydrogens (primary N) is 1. The van der Waals surface area contributed by atoms with Crippen molar-refractivity contribution in [2.75, 3.05) is 18.5 Å². The lowest BCUT2D eigenvalue weighted by Crippen LogP contribution is -2.51. The highest BCUT2D eigenvalue weighted by Crippen LogP contribution is 2.27. The molecule has 1 saturated heterocycles. The Kier molecular flexibility index (Phi) is 3.50. The fourth-order valence-corrected chi connectivity index (χ4v) is 1.92. The molecule has 0 bridgehead atoms. The molecule has 7 nitrogen and oxygen atoms in total. The minimum Gasteiger partial charge on any atom is -0.379 e. The Morgan fingerprint density at radius 3 is 2.89 bits per heavy atom. The minimum absolute atomic E-state index is 0.123. The Balaban J connectivity index is 2.25. The van der Waals surface area contributed by atoms with Crippen LogP contribution < -0.4 is 11.1 Å². The first-order valence-electron chi connectivity index (χ1n) is 5.85. The highest BCUT2D eigenvalue weighted by Gasteiger charge is 2.39. The van der Waals surface area contributed by atoms with Gasteiger partial charge in [-0.15, -0.1) is 0 Å². The van der Waals surface area contributed by atoms with Crippen molar-refractivity contribution in [3.63, 3.8) is 0 Å². The van der Waals surface area contributed by atoms with E-state index in [1.165, 1.54) is 6.07 Å². The number of benzene rings is 1. The fourth-order valence-electron chi connectivity index (χ4n) is 1.92. The highest BCUT2D eigenvalue weighted by atomic mass is 16.6. The average molecular weight is 265 g/mol. The van der Waals surface area contributed by atoms with E-state index in [4.69, 9.17) is 10.5 Å². The monoisotopic (exact) mass is 265 g/mol. The van der Waals surface area contributed by atoms with E-state index in [0.717, 1.165) is 5.56 Å². The molecule has 1 aromatic rings. The van der Waals surface area contributed by atoms with Gasteiger partial charge in [0.2, 0.25) is 5.91 Å². The molecule has 1 heterocycles. The van der Waals surface area contributed by atoms with Gasteiger partial charge in [-0.05, 0) is 25.0 Å². The number of carbonyl (C=O) groups excluding carboxylic acids is 1. The van der Waals surface area contributed by atoms with Crippen molar-refractivity contribution in [3.8, 4) is 0 Å². The van der Waals surface area contributed by atoms with E-state index in [-0.39, 0.29) is 18.0 Å². The van der Waals surface area contributed by atoms with E-state index in [1.807, 2.05) is 0 Å². The molecule has 1 aromatic carbocycles. The van der Waals surface area contributed by atoms with E-state index in [1.54, 1.807) is 19.1 Å². The van der Waals surface area contributed by atoms with Crippen molar-refractivity contribution < 1.29 is 14.5 Å². The van der Waals surface area contributed by atoms with Crippen LogP contribution in [0, 0.1) is 17.0 Å². The molecule has 0 saturated carbocycles. The third-order valence-electron chi connectivity index (χ3n) is 3.10. The predicted molar refractivity (Wildman–Crippen MR) is 68.8 cm³/mol. The summed E-state index contributed by atoms with van der Waals surface area (Å²) < 4.78 is 5.10. The van der Waals surface area contributed by atoms with Gasteiger partial charge >= 0.3 is 0 Å². The van der Waals surface area contributed by atoms with Crippen molar-refractivity contribution in [2.24, 2.45) is 5.73 Å². The van der Waals surface area contributed by atoms with Crippen molar-refractivity contribution in [1.82, 2.24) is 0 Å². The molecule has 102 valence electrons. The van der Waals surface area contributed by atoms with Crippen LogP contribution in [0.2, 0.25) is 0 Å². The summed E-state index contributed by atoms with van der Waals surface area (Å²) in [6.45, 7) is 2.33. The number of anilines is 1.